The van der Waals surface area contributed by atoms with Gasteiger partial charge in [0, 0.05) is 17.9 Å². The minimum atomic E-state index is -4.26. The zero-order chi connectivity index (χ0) is 10.3. The zero-order valence-electron chi connectivity index (χ0n) is 7.47. The Balaban J connectivity index is 2.62. The lowest BCUT2D eigenvalue weighted by Gasteiger charge is -2.06. The van der Waals surface area contributed by atoms with E-state index in [1.807, 2.05) is 6.92 Å². The second-order valence-corrected chi connectivity index (χ2v) is 3.26. The van der Waals surface area contributed by atoms with Crippen molar-refractivity contribution >= 4 is 5.52 Å². The Morgan fingerprint density at radius 2 is 1.93 bits per heavy atom. The molecule has 0 aromatic carbocycles. The first kappa shape index (κ1) is 9.12. The number of rotatable bonds is 0. The average Bonchev–Trinajstić information content (AvgIpc) is 2.41. The second kappa shape index (κ2) is 2.77. The van der Waals surface area contributed by atoms with Crippen molar-refractivity contribution in [1.29, 1.82) is 0 Å². The summed E-state index contributed by atoms with van der Waals surface area (Å²) in [5.41, 5.74) is 0.907. The second-order valence-electron chi connectivity index (χ2n) is 3.26. The van der Waals surface area contributed by atoms with Gasteiger partial charge < -0.3 is 4.40 Å². The van der Waals surface area contributed by atoms with E-state index in [0.29, 0.717) is 5.52 Å². The summed E-state index contributed by atoms with van der Waals surface area (Å²) in [5.74, 6) is 0. The van der Waals surface area contributed by atoms with Gasteiger partial charge in [0.25, 0.3) is 0 Å². The van der Waals surface area contributed by atoms with Crippen LogP contribution in [0.3, 0.4) is 0 Å². The third-order valence-electron chi connectivity index (χ3n) is 2.06. The van der Waals surface area contributed by atoms with E-state index in [9.17, 15) is 13.2 Å². The maximum Gasteiger partial charge on any atom is 0.416 e. The SMILES string of the molecule is Cc1cc2cc(C(F)(F)F)ccn2c1. The Bertz CT molecular complexity index is 468. The number of nitrogens with zero attached hydrogens (tertiary/aromatic N) is 1. The van der Waals surface area contributed by atoms with Crippen LogP contribution in [0, 0.1) is 6.92 Å². The first-order valence-corrected chi connectivity index (χ1v) is 4.12. The molecule has 0 aliphatic carbocycles. The largest absolute Gasteiger partial charge is 0.416 e. The van der Waals surface area contributed by atoms with Crippen molar-refractivity contribution in [3.63, 3.8) is 0 Å². The average molecular weight is 199 g/mol. The number of aromatic nitrogens is 1. The van der Waals surface area contributed by atoms with E-state index in [4.69, 9.17) is 0 Å². The van der Waals surface area contributed by atoms with E-state index in [1.165, 1.54) is 6.20 Å². The summed E-state index contributed by atoms with van der Waals surface area (Å²) >= 11 is 0. The molecule has 0 aliphatic heterocycles. The van der Waals surface area contributed by atoms with Gasteiger partial charge in [-0.1, -0.05) is 0 Å². The molecular weight excluding hydrogens is 191 g/mol. The van der Waals surface area contributed by atoms with Gasteiger partial charge in [0.15, 0.2) is 0 Å². The quantitative estimate of drug-likeness (QED) is 0.613. The van der Waals surface area contributed by atoms with Crippen molar-refractivity contribution < 1.29 is 13.2 Å². The number of aryl methyl sites for hydroxylation is 1. The Morgan fingerprint density at radius 1 is 1.21 bits per heavy atom. The smallest absolute Gasteiger partial charge is 0.324 e. The van der Waals surface area contributed by atoms with Gasteiger partial charge >= 0.3 is 6.18 Å². The van der Waals surface area contributed by atoms with Gasteiger partial charge in [-0.15, -0.1) is 0 Å². The molecule has 2 rings (SSSR count). The number of hydrogen-bond donors (Lipinski definition) is 0. The summed E-state index contributed by atoms with van der Waals surface area (Å²) in [7, 11) is 0. The molecule has 0 bridgehead atoms. The molecule has 4 heteroatoms. The van der Waals surface area contributed by atoms with Crippen LogP contribution >= 0.6 is 0 Å². The molecule has 74 valence electrons. The van der Waals surface area contributed by atoms with E-state index in [-0.39, 0.29) is 0 Å². The fourth-order valence-electron chi connectivity index (χ4n) is 1.43. The molecule has 0 radical (unpaired) electrons. The van der Waals surface area contributed by atoms with Crippen LogP contribution in [-0.2, 0) is 6.18 Å². The van der Waals surface area contributed by atoms with Crippen LogP contribution in [0.5, 0.6) is 0 Å². The van der Waals surface area contributed by atoms with Crippen LogP contribution in [0.1, 0.15) is 11.1 Å². The van der Waals surface area contributed by atoms with E-state index < -0.39 is 11.7 Å². The van der Waals surface area contributed by atoms with Gasteiger partial charge in [0.2, 0.25) is 0 Å². The molecule has 0 N–H and O–H groups in total. The molecule has 0 spiro atoms. The third kappa shape index (κ3) is 1.47. The number of fused-ring (bicyclic) bond motifs is 1. The monoisotopic (exact) mass is 199 g/mol. The summed E-state index contributed by atoms with van der Waals surface area (Å²) in [6, 6.07) is 3.94. The molecule has 2 aromatic rings. The topological polar surface area (TPSA) is 4.41 Å². The lowest BCUT2D eigenvalue weighted by atomic mass is 10.2. The van der Waals surface area contributed by atoms with Gasteiger partial charge in [0.05, 0.1) is 5.56 Å². The van der Waals surface area contributed by atoms with E-state index in [1.54, 1.807) is 16.7 Å². The third-order valence-corrected chi connectivity index (χ3v) is 2.06. The maximum atomic E-state index is 12.3. The van der Waals surface area contributed by atoms with Crippen LogP contribution in [0.2, 0.25) is 0 Å². The molecule has 1 nitrogen and oxygen atoms in total. The van der Waals surface area contributed by atoms with Crippen LogP contribution < -0.4 is 0 Å². The van der Waals surface area contributed by atoms with Crippen molar-refractivity contribution in [3.05, 3.63) is 41.7 Å². The molecule has 0 saturated carbocycles. The van der Waals surface area contributed by atoms with Crippen LogP contribution in [0.4, 0.5) is 13.2 Å². The predicted molar refractivity (Wildman–Crippen MR) is 47.1 cm³/mol. The normalized spacial score (nSPS) is 12.3. The Hall–Kier alpha value is -1.45. The molecule has 0 atom stereocenters. The first-order valence-electron chi connectivity index (χ1n) is 4.12. The van der Waals surface area contributed by atoms with Gasteiger partial charge in [-0.05, 0) is 30.7 Å². The molecular formula is C10H8F3N. The van der Waals surface area contributed by atoms with Gasteiger partial charge in [-0.3, -0.25) is 0 Å². The summed E-state index contributed by atoms with van der Waals surface area (Å²) in [5, 5.41) is 0. The van der Waals surface area contributed by atoms with Crippen LogP contribution in [-0.4, -0.2) is 4.40 Å². The van der Waals surface area contributed by atoms with Crippen LogP contribution in [0.25, 0.3) is 5.52 Å². The van der Waals surface area contributed by atoms with Gasteiger partial charge in [-0.2, -0.15) is 13.2 Å². The molecule has 0 aliphatic rings. The predicted octanol–water partition coefficient (Wildman–Crippen LogP) is 3.27. The highest BCUT2D eigenvalue weighted by atomic mass is 19.4. The summed E-state index contributed by atoms with van der Waals surface area (Å²) in [6.45, 7) is 1.85. The Morgan fingerprint density at radius 3 is 2.57 bits per heavy atom. The molecule has 2 aromatic heterocycles. The van der Waals surface area contributed by atoms with E-state index in [0.717, 1.165) is 17.7 Å². The molecule has 0 saturated heterocycles. The maximum absolute atomic E-state index is 12.3. The standard InChI is InChI=1S/C10H8F3N/c1-7-4-9-5-8(10(11,12)13)2-3-14(9)6-7/h2-6H,1H3. The Kier molecular flexibility index (Phi) is 1.80. The van der Waals surface area contributed by atoms with Crippen molar-refractivity contribution in [2.45, 2.75) is 13.1 Å². The summed E-state index contributed by atoms with van der Waals surface area (Å²) in [4.78, 5) is 0. The molecule has 0 amide bonds. The molecule has 0 fully saturated rings. The Labute approximate surface area is 78.8 Å². The molecule has 2 heterocycles. The number of hydrogen-bond acceptors (Lipinski definition) is 0. The van der Waals surface area contributed by atoms with Crippen molar-refractivity contribution in [2.75, 3.05) is 0 Å². The van der Waals surface area contributed by atoms with E-state index in [2.05, 4.69) is 0 Å². The fraction of sp³-hybridized carbons (Fsp3) is 0.200. The molecule has 0 unspecified atom stereocenters. The van der Waals surface area contributed by atoms with Crippen molar-refractivity contribution in [3.8, 4) is 0 Å². The highest BCUT2D eigenvalue weighted by molar-refractivity contribution is 5.52. The van der Waals surface area contributed by atoms with Gasteiger partial charge in [-0.25, -0.2) is 0 Å². The summed E-state index contributed by atoms with van der Waals surface area (Å²) in [6.07, 6.45) is -1.05. The summed E-state index contributed by atoms with van der Waals surface area (Å²) < 4.78 is 38.6. The first-order chi connectivity index (χ1) is 6.47. The highest BCUT2D eigenvalue weighted by Gasteiger charge is 2.30. The van der Waals surface area contributed by atoms with E-state index >= 15 is 0 Å². The number of alkyl halides is 3. The minimum absolute atomic E-state index is 0.567. The van der Waals surface area contributed by atoms with Gasteiger partial charge in [0.1, 0.15) is 0 Å². The van der Waals surface area contributed by atoms with Crippen LogP contribution in [0.15, 0.2) is 30.6 Å². The van der Waals surface area contributed by atoms with Crippen molar-refractivity contribution in [1.82, 2.24) is 4.40 Å². The number of pyridine rings is 1. The van der Waals surface area contributed by atoms with Crippen molar-refractivity contribution in [2.24, 2.45) is 0 Å². The zero-order valence-corrected chi connectivity index (χ0v) is 7.47. The lowest BCUT2D eigenvalue weighted by Crippen LogP contribution is -2.04. The molecule has 14 heavy (non-hydrogen) atoms. The lowest BCUT2D eigenvalue weighted by molar-refractivity contribution is -0.137. The fourth-order valence-corrected chi connectivity index (χ4v) is 1.43. The number of halogens is 3. The highest BCUT2D eigenvalue weighted by Crippen LogP contribution is 2.29. The minimum Gasteiger partial charge on any atom is -0.324 e.